The maximum absolute atomic E-state index is 12.1. The van der Waals surface area contributed by atoms with Crippen LogP contribution in [0.1, 0.15) is 12.1 Å². The lowest BCUT2D eigenvalue weighted by atomic mass is 10.3. The second-order valence-corrected chi connectivity index (χ2v) is 3.72. The molecule has 0 spiro atoms. The van der Waals surface area contributed by atoms with Crippen LogP contribution in [-0.2, 0) is 0 Å². The first kappa shape index (κ1) is 8.41. The van der Waals surface area contributed by atoms with Crippen molar-refractivity contribution in [3.63, 3.8) is 0 Å². The Balaban J connectivity index is 2.73. The Kier molecular flexibility index (Phi) is 1.57. The summed E-state index contributed by atoms with van der Waals surface area (Å²) in [7, 11) is 0. The molecule has 2 aromatic rings. The second-order valence-electron chi connectivity index (χ2n) is 3.72. The summed E-state index contributed by atoms with van der Waals surface area (Å²) in [6.45, 7) is 1.92. The molecule has 0 saturated carbocycles. The van der Waals surface area contributed by atoms with Crippen molar-refractivity contribution >= 4 is 17.8 Å². The molecule has 15 heavy (non-hydrogen) atoms. The maximum atomic E-state index is 12.1. The van der Waals surface area contributed by atoms with Crippen molar-refractivity contribution in [2.45, 2.75) is 13.3 Å². The summed E-state index contributed by atoms with van der Waals surface area (Å²) < 4.78 is 1.66. The monoisotopic (exact) mass is 198 g/mol. The third kappa shape index (κ3) is 1.06. The Morgan fingerprint density at radius 2 is 2.20 bits per heavy atom. The van der Waals surface area contributed by atoms with E-state index >= 15 is 0 Å². The lowest BCUT2D eigenvalue weighted by Gasteiger charge is -2.02. The number of aromatic nitrogens is 2. The van der Waals surface area contributed by atoms with Gasteiger partial charge in [0.2, 0.25) is 0 Å². The molecule has 0 bridgehead atoms. The van der Waals surface area contributed by atoms with Gasteiger partial charge in [0.1, 0.15) is 5.65 Å². The number of aryl methyl sites for hydroxylation is 1. The molecule has 3 heteroatoms. The third-order valence-electron chi connectivity index (χ3n) is 2.74. The first-order valence-corrected chi connectivity index (χ1v) is 4.96. The van der Waals surface area contributed by atoms with Crippen molar-refractivity contribution in [1.82, 2.24) is 9.38 Å². The lowest BCUT2D eigenvalue weighted by molar-refractivity contribution is 0.963. The van der Waals surface area contributed by atoms with Crippen LogP contribution in [0.3, 0.4) is 0 Å². The summed E-state index contributed by atoms with van der Waals surface area (Å²) in [6, 6.07) is 5.70. The van der Waals surface area contributed by atoms with E-state index in [-0.39, 0.29) is 5.56 Å². The minimum Gasteiger partial charge on any atom is -0.268 e. The van der Waals surface area contributed by atoms with Crippen molar-refractivity contribution in [3.8, 4) is 0 Å². The van der Waals surface area contributed by atoms with Gasteiger partial charge in [0.15, 0.2) is 0 Å². The van der Waals surface area contributed by atoms with Gasteiger partial charge in [0.25, 0.3) is 5.56 Å². The van der Waals surface area contributed by atoms with Crippen molar-refractivity contribution in [3.05, 3.63) is 44.8 Å². The van der Waals surface area contributed by atoms with Gasteiger partial charge < -0.3 is 0 Å². The van der Waals surface area contributed by atoms with Crippen LogP contribution >= 0.6 is 0 Å². The van der Waals surface area contributed by atoms with Crippen LogP contribution in [0.2, 0.25) is 0 Å². The van der Waals surface area contributed by atoms with E-state index in [4.69, 9.17) is 0 Å². The van der Waals surface area contributed by atoms with Gasteiger partial charge >= 0.3 is 0 Å². The van der Waals surface area contributed by atoms with Gasteiger partial charge in [-0.05, 0) is 25.5 Å². The Morgan fingerprint density at radius 1 is 1.33 bits per heavy atom. The predicted octanol–water partition coefficient (Wildman–Crippen LogP) is -0.0324. The zero-order valence-electron chi connectivity index (χ0n) is 8.40. The van der Waals surface area contributed by atoms with Crippen LogP contribution < -0.4 is 16.1 Å². The third-order valence-corrected chi connectivity index (χ3v) is 2.74. The summed E-state index contributed by atoms with van der Waals surface area (Å²) in [5.41, 5.74) is 1.69. The molecule has 0 aliphatic heterocycles. The van der Waals surface area contributed by atoms with Crippen LogP contribution in [0.4, 0.5) is 0 Å². The number of nitrogens with zero attached hydrogens (tertiary/aromatic N) is 2. The lowest BCUT2D eigenvalue weighted by Crippen LogP contribution is -2.43. The fourth-order valence-corrected chi connectivity index (χ4v) is 2.00. The number of pyridine rings is 1. The number of rotatable bonds is 0. The summed E-state index contributed by atoms with van der Waals surface area (Å²) in [4.78, 5) is 16.6. The highest BCUT2D eigenvalue weighted by molar-refractivity contribution is 5.48. The fraction of sp³-hybridized carbons (Fsp3) is 0.167. The summed E-state index contributed by atoms with van der Waals surface area (Å²) in [5.74, 6) is 0. The van der Waals surface area contributed by atoms with Gasteiger partial charge in [0.05, 0.1) is 10.6 Å². The van der Waals surface area contributed by atoms with E-state index in [9.17, 15) is 4.79 Å². The molecule has 1 aliphatic carbocycles. The molecule has 74 valence electrons. The minimum absolute atomic E-state index is 0.0434. The predicted molar refractivity (Wildman–Crippen MR) is 59.0 cm³/mol. The van der Waals surface area contributed by atoms with Crippen LogP contribution in [0, 0.1) is 6.92 Å². The fourth-order valence-electron chi connectivity index (χ4n) is 2.00. The zero-order chi connectivity index (χ0) is 10.4. The highest BCUT2D eigenvalue weighted by Gasteiger charge is 2.05. The average Bonchev–Trinajstić information content (AvgIpc) is 2.66. The summed E-state index contributed by atoms with van der Waals surface area (Å²) >= 11 is 0. The number of hydrogen-bond donors (Lipinski definition) is 0. The van der Waals surface area contributed by atoms with Crippen molar-refractivity contribution < 1.29 is 0 Å². The van der Waals surface area contributed by atoms with Crippen molar-refractivity contribution in [2.75, 3.05) is 0 Å². The molecule has 0 atom stereocenters. The molecule has 3 nitrogen and oxygen atoms in total. The number of fused-ring (bicyclic) bond motifs is 2. The number of hydrogen-bond acceptors (Lipinski definition) is 2. The van der Waals surface area contributed by atoms with Gasteiger partial charge in [-0.15, -0.1) is 0 Å². The molecule has 0 fully saturated rings. The van der Waals surface area contributed by atoms with Crippen LogP contribution in [0.15, 0.2) is 23.0 Å². The van der Waals surface area contributed by atoms with E-state index < -0.39 is 0 Å². The molecule has 0 saturated heterocycles. The highest BCUT2D eigenvalue weighted by atomic mass is 16.1. The molecule has 1 aliphatic rings. The average molecular weight is 198 g/mol. The summed E-state index contributed by atoms with van der Waals surface area (Å²) in [6.07, 6.45) is 4.73. The zero-order valence-corrected chi connectivity index (χ0v) is 8.40. The van der Waals surface area contributed by atoms with E-state index in [0.717, 1.165) is 28.3 Å². The Morgan fingerprint density at radius 3 is 3.07 bits per heavy atom. The Hall–Kier alpha value is -1.90. The topological polar surface area (TPSA) is 34.4 Å². The van der Waals surface area contributed by atoms with Crippen LogP contribution in [0.25, 0.3) is 17.8 Å². The Labute approximate surface area is 86.0 Å². The Bertz CT molecular complexity index is 726. The van der Waals surface area contributed by atoms with E-state index in [1.807, 2.05) is 37.3 Å². The molecule has 0 amide bonds. The van der Waals surface area contributed by atoms with Crippen LogP contribution in [0.5, 0.6) is 0 Å². The molecular formula is C12H10N2O. The van der Waals surface area contributed by atoms with Gasteiger partial charge in [0, 0.05) is 5.69 Å². The highest BCUT2D eigenvalue weighted by Crippen LogP contribution is 1.98. The largest absolute Gasteiger partial charge is 0.268 e. The van der Waals surface area contributed by atoms with E-state index in [1.165, 1.54) is 0 Å². The first-order chi connectivity index (χ1) is 7.27. The molecule has 2 aromatic heterocycles. The van der Waals surface area contributed by atoms with Crippen molar-refractivity contribution in [1.29, 1.82) is 0 Å². The SMILES string of the molecule is Cc1cccc2nc3c(c(=O)n12)=CCC=3. The smallest absolute Gasteiger partial charge is 0.265 e. The summed E-state index contributed by atoms with van der Waals surface area (Å²) in [5, 5.41) is 1.56. The molecule has 0 radical (unpaired) electrons. The molecule has 2 heterocycles. The van der Waals surface area contributed by atoms with Gasteiger partial charge in [-0.25, -0.2) is 4.98 Å². The second kappa shape index (κ2) is 2.79. The van der Waals surface area contributed by atoms with Crippen molar-refractivity contribution in [2.24, 2.45) is 0 Å². The standard InChI is InChI=1S/C12H10N2O/c1-8-4-2-7-11-13-10-6-3-5-9(10)12(15)14(8)11/h2,4-7H,3H2,1H3. The molecule has 0 N–H and O–H groups in total. The molecule has 0 unspecified atom stereocenters. The molecule has 0 aromatic carbocycles. The quantitative estimate of drug-likeness (QED) is 0.595. The first-order valence-electron chi connectivity index (χ1n) is 4.96. The molecular weight excluding hydrogens is 188 g/mol. The van der Waals surface area contributed by atoms with Crippen LogP contribution in [-0.4, -0.2) is 9.38 Å². The maximum Gasteiger partial charge on any atom is 0.265 e. The van der Waals surface area contributed by atoms with E-state index in [0.29, 0.717) is 0 Å². The van der Waals surface area contributed by atoms with Gasteiger partial charge in [-0.2, -0.15) is 0 Å². The minimum atomic E-state index is 0.0434. The normalized spacial score (nSPS) is 13.4. The van der Waals surface area contributed by atoms with Gasteiger partial charge in [-0.3, -0.25) is 9.20 Å². The van der Waals surface area contributed by atoms with Gasteiger partial charge in [-0.1, -0.05) is 18.2 Å². The van der Waals surface area contributed by atoms with E-state index in [2.05, 4.69) is 4.98 Å². The molecule has 3 rings (SSSR count). The van der Waals surface area contributed by atoms with E-state index in [1.54, 1.807) is 4.40 Å².